The summed E-state index contributed by atoms with van der Waals surface area (Å²) in [5, 5.41) is 72.3. The fraction of sp³-hybridized carbons (Fsp3) is 0. The Morgan fingerprint density at radius 1 is 0.333 bits per heavy atom. The second-order valence-corrected chi connectivity index (χ2v) is 3.89. The zero-order chi connectivity index (χ0) is 18.3. The Hall–Kier alpha value is -5.12. The molecule has 0 aromatic rings. The zero-order valence-corrected chi connectivity index (χ0v) is 11.6. The van der Waals surface area contributed by atoms with Crippen LogP contribution in [0.2, 0.25) is 0 Å². The van der Waals surface area contributed by atoms with E-state index in [1.54, 1.807) is 0 Å². The molecule has 1 aliphatic rings. The van der Waals surface area contributed by atoms with Crippen molar-refractivity contribution in [1.82, 2.24) is 0 Å². The Bertz CT molecular complexity index is 850. The summed E-state index contributed by atoms with van der Waals surface area (Å²) < 4.78 is 0. The molecule has 0 saturated heterocycles. The van der Waals surface area contributed by atoms with Crippen molar-refractivity contribution in [3.05, 3.63) is 44.6 Å². The summed E-state index contributed by atoms with van der Waals surface area (Å²) in [5.74, 6) is 0. The fourth-order valence-corrected chi connectivity index (χ4v) is 1.98. The summed E-state index contributed by atoms with van der Waals surface area (Å²) in [6.07, 6.45) is 0. The molecule has 0 bridgehead atoms. The molecule has 0 unspecified atom stereocenters. The lowest BCUT2D eigenvalue weighted by atomic mass is 9.67. The molecule has 1 rings (SSSR count). The SMILES string of the molecule is N#CC(C#N)=C1C(=C(C#N)C#N)C(=C(C#N)C#N)C1=C(C#N)C#N. The first kappa shape index (κ1) is 16.9. The number of hydrogen-bond acceptors (Lipinski definition) is 8. The molecule has 104 valence electrons. The van der Waals surface area contributed by atoms with Crippen molar-refractivity contribution < 1.29 is 0 Å². The van der Waals surface area contributed by atoms with E-state index >= 15 is 0 Å². The molecule has 0 atom stereocenters. The van der Waals surface area contributed by atoms with Crippen LogP contribution in [0.5, 0.6) is 0 Å². The Labute approximate surface area is 136 Å². The van der Waals surface area contributed by atoms with Gasteiger partial charge in [-0.3, -0.25) is 0 Å². The average molecular weight is 304 g/mol. The highest BCUT2D eigenvalue weighted by Gasteiger charge is 2.41. The molecule has 1 aliphatic carbocycles. The normalized spacial score (nSPS) is 10.7. The highest BCUT2D eigenvalue weighted by molar-refractivity contribution is 5.90. The summed E-state index contributed by atoms with van der Waals surface area (Å²) in [6.45, 7) is 0. The van der Waals surface area contributed by atoms with Crippen LogP contribution in [0.4, 0.5) is 0 Å². The van der Waals surface area contributed by atoms with Crippen LogP contribution >= 0.6 is 0 Å². The molecule has 8 heteroatoms. The Morgan fingerprint density at radius 3 is 0.542 bits per heavy atom. The van der Waals surface area contributed by atoms with Crippen molar-refractivity contribution in [3.63, 3.8) is 0 Å². The van der Waals surface area contributed by atoms with E-state index in [1.165, 1.54) is 48.6 Å². The van der Waals surface area contributed by atoms with Crippen LogP contribution in [-0.4, -0.2) is 0 Å². The molecule has 0 radical (unpaired) electrons. The van der Waals surface area contributed by atoms with Gasteiger partial charge in [-0.25, -0.2) is 0 Å². The van der Waals surface area contributed by atoms with Gasteiger partial charge in [0, 0.05) is 22.3 Å². The minimum absolute atomic E-state index is 0.269. The van der Waals surface area contributed by atoms with Crippen LogP contribution in [0.3, 0.4) is 0 Å². The lowest BCUT2D eigenvalue weighted by Crippen LogP contribution is -2.20. The first-order valence-electron chi connectivity index (χ1n) is 5.79. The van der Waals surface area contributed by atoms with Crippen molar-refractivity contribution >= 4 is 0 Å². The minimum Gasteiger partial charge on any atom is -0.192 e. The summed E-state index contributed by atoms with van der Waals surface area (Å²) in [4.78, 5) is 0. The lowest BCUT2D eigenvalue weighted by Gasteiger charge is -2.30. The zero-order valence-electron chi connectivity index (χ0n) is 11.6. The van der Waals surface area contributed by atoms with Crippen LogP contribution < -0.4 is 0 Å². The summed E-state index contributed by atoms with van der Waals surface area (Å²) in [5.41, 5.74) is -3.28. The van der Waals surface area contributed by atoms with E-state index in [0.717, 1.165) is 0 Å². The van der Waals surface area contributed by atoms with Crippen LogP contribution in [0.15, 0.2) is 44.6 Å². The maximum atomic E-state index is 9.04. The van der Waals surface area contributed by atoms with Crippen LogP contribution in [0.25, 0.3) is 0 Å². The van der Waals surface area contributed by atoms with Crippen molar-refractivity contribution in [2.75, 3.05) is 0 Å². The number of nitrogens with zero attached hydrogens (tertiary/aromatic N) is 8. The maximum absolute atomic E-state index is 9.04. The van der Waals surface area contributed by atoms with E-state index in [1.807, 2.05) is 0 Å². The van der Waals surface area contributed by atoms with E-state index in [9.17, 15) is 0 Å². The molecule has 0 heterocycles. The molecule has 8 nitrogen and oxygen atoms in total. The predicted octanol–water partition coefficient (Wildman–Crippen LogP) is 1.38. The van der Waals surface area contributed by atoms with Crippen molar-refractivity contribution in [2.45, 2.75) is 0 Å². The third-order valence-electron chi connectivity index (χ3n) is 2.89. The van der Waals surface area contributed by atoms with Gasteiger partial charge in [-0.15, -0.1) is 0 Å². The molecule has 0 N–H and O–H groups in total. The van der Waals surface area contributed by atoms with Gasteiger partial charge in [0.2, 0.25) is 0 Å². The molecule has 0 aromatic carbocycles. The highest BCUT2D eigenvalue weighted by Crippen LogP contribution is 2.50. The summed E-state index contributed by atoms with van der Waals surface area (Å²) >= 11 is 0. The van der Waals surface area contributed by atoms with Gasteiger partial charge in [0.15, 0.2) is 0 Å². The van der Waals surface area contributed by atoms with Gasteiger partial charge in [-0.05, 0) is 0 Å². The Balaban J connectivity index is 4.31. The molecule has 1 fully saturated rings. The van der Waals surface area contributed by atoms with E-state index in [2.05, 4.69) is 0 Å². The van der Waals surface area contributed by atoms with Crippen LogP contribution in [0.1, 0.15) is 0 Å². The first-order valence-corrected chi connectivity index (χ1v) is 5.79. The van der Waals surface area contributed by atoms with Crippen LogP contribution in [-0.2, 0) is 0 Å². The lowest BCUT2D eigenvalue weighted by molar-refractivity contribution is 1.16. The maximum Gasteiger partial charge on any atom is 0.138 e. The van der Waals surface area contributed by atoms with Crippen LogP contribution in [0, 0.1) is 90.6 Å². The Kier molecular flexibility index (Phi) is 4.97. The molecule has 0 spiro atoms. The molecular formula is C16N8. The van der Waals surface area contributed by atoms with Gasteiger partial charge in [0.05, 0.1) is 0 Å². The number of rotatable bonds is 0. The molecule has 24 heavy (non-hydrogen) atoms. The average Bonchev–Trinajstić information content (AvgIpc) is 2.62. The summed E-state index contributed by atoms with van der Waals surface area (Å²) in [7, 11) is 0. The fourth-order valence-electron chi connectivity index (χ4n) is 1.98. The van der Waals surface area contributed by atoms with Gasteiger partial charge in [-0.2, -0.15) is 42.1 Å². The smallest absolute Gasteiger partial charge is 0.138 e. The topological polar surface area (TPSA) is 190 Å². The van der Waals surface area contributed by atoms with Gasteiger partial charge < -0.3 is 0 Å². The first-order chi connectivity index (χ1) is 11.6. The van der Waals surface area contributed by atoms with Crippen molar-refractivity contribution in [3.8, 4) is 48.6 Å². The third kappa shape index (κ3) is 2.32. The number of nitriles is 8. The van der Waals surface area contributed by atoms with E-state index in [-0.39, 0.29) is 22.3 Å². The summed E-state index contributed by atoms with van der Waals surface area (Å²) in [6, 6.07) is 12.3. The molecule has 0 amide bonds. The van der Waals surface area contributed by atoms with Gasteiger partial charge >= 0.3 is 0 Å². The standard InChI is InChI=1S/C16N8/c17-1-9(2-18)13-14(10(3-19)4-20)16(12(7-23)8-24)15(13)11(5-21)6-22. The predicted molar refractivity (Wildman–Crippen MR) is 73.0 cm³/mol. The van der Waals surface area contributed by atoms with Gasteiger partial charge in [0.25, 0.3) is 0 Å². The molecule has 0 aromatic heterocycles. The number of allylic oxidation sites excluding steroid dienone is 8. The van der Waals surface area contributed by atoms with Gasteiger partial charge in [-0.1, -0.05) is 0 Å². The monoisotopic (exact) mass is 304 g/mol. The van der Waals surface area contributed by atoms with Crippen molar-refractivity contribution in [1.29, 1.82) is 42.1 Å². The molecule has 0 aliphatic heterocycles. The van der Waals surface area contributed by atoms with Gasteiger partial charge in [0.1, 0.15) is 70.8 Å². The third-order valence-corrected chi connectivity index (χ3v) is 2.89. The number of hydrogen-bond donors (Lipinski definition) is 0. The van der Waals surface area contributed by atoms with E-state index < -0.39 is 22.3 Å². The van der Waals surface area contributed by atoms with E-state index in [4.69, 9.17) is 42.1 Å². The quantitative estimate of drug-likeness (QED) is 0.598. The molecule has 1 saturated carbocycles. The second kappa shape index (κ2) is 7.05. The minimum atomic E-state index is -0.551. The Morgan fingerprint density at radius 2 is 0.458 bits per heavy atom. The van der Waals surface area contributed by atoms with Crippen molar-refractivity contribution in [2.24, 2.45) is 0 Å². The highest BCUT2D eigenvalue weighted by atomic mass is 14.4. The van der Waals surface area contributed by atoms with E-state index in [0.29, 0.717) is 0 Å². The largest absolute Gasteiger partial charge is 0.192 e. The second-order valence-electron chi connectivity index (χ2n) is 3.89. The molecular weight excluding hydrogens is 304 g/mol.